The Morgan fingerprint density at radius 3 is 2.77 bits per heavy atom. The van der Waals surface area contributed by atoms with Crippen molar-refractivity contribution in [3.8, 4) is 11.3 Å². The molecule has 1 amide bonds. The molecule has 0 aliphatic heterocycles. The summed E-state index contributed by atoms with van der Waals surface area (Å²) < 4.78 is 5.31. The number of hydrogen-bond donors (Lipinski definition) is 1. The molecule has 0 unspecified atom stereocenters. The summed E-state index contributed by atoms with van der Waals surface area (Å²) in [7, 11) is 0. The molecule has 0 bridgehead atoms. The quantitative estimate of drug-likeness (QED) is 0.455. The number of nitrogens with one attached hydrogen (secondary N) is 1. The van der Waals surface area contributed by atoms with Crippen LogP contribution in [-0.4, -0.2) is 31.9 Å². The van der Waals surface area contributed by atoms with Crippen molar-refractivity contribution in [1.82, 2.24) is 20.3 Å². The van der Waals surface area contributed by atoms with Crippen molar-refractivity contribution in [3.05, 3.63) is 46.2 Å². The molecule has 1 N–H and O–H groups in total. The Hall–Kier alpha value is -2.26. The van der Waals surface area contributed by atoms with Gasteiger partial charge in [0.05, 0.1) is 4.47 Å². The third-order valence-corrected chi connectivity index (χ3v) is 5.07. The third kappa shape index (κ3) is 4.28. The summed E-state index contributed by atoms with van der Waals surface area (Å²) in [6.07, 6.45) is 2.57. The van der Waals surface area contributed by atoms with Gasteiger partial charge >= 0.3 is 0 Å². The summed E-state index contributed by atoms with van der Waals surface area (Å²) in [6.45, 7) is 4.07. The van der Waals surface area contributed by atoms with Gasteiger partial charge in [0.1, 0.15) is 5.69 Å². The minimum atomic E-state index is -0.415. The first-order chi connectivity index (χ1) is 12.6. The molecule has 3 aromatic rings. The van der Waals surface area contributed by atoms with Crippen molar-refractivity contribution in [2.24, 2.45) is 0 Å². The Morgan fingerprint density at radius 1 is 1.27 bits per heavy atom. The molecule has 0 aliphatic rings. The Kier molecular flexibility index (Phi) is 6.00. The first kappa shape index (κ1) is 18.5. The van der Waals surface area contributed by atoms with E-state index in [9.17, 15) is 4.79 Å². The lowest BCUT2D eigenvalue weighted by atomic mass is 10.1. The first-order valence-electron chi connectivity index (χ1n) is 7.94. The molecule has 7 nitrogen and oxygen atoms in total. The van der Waals surface area contributed by atoms with Gasteiger partial charge in [-0.1, -0.05) is 48.5 Å². The largest absolute Gasteiger partial charge is 0.300 e. The van der Waals surface area contributed by atoms with Crippen molar-refractivity contribution in [3.63, 3.8) is 0 Å². The van der Waals surface area contributed by atoms with E-state index in [2.05, 4.69) is 48.5 Å². The average molecular weight is 434 g/mol. The number of benzene rings is 1. The molecule has 0 radical (unpaired) electrons. The fraction of sp³-hybridized carbons (Fsp3) is 0.235. The van der Waals surface area contributed by atoms with Gasteiger partial charge in [-0.15, -0.1) is 0 Å². The fourth-order valence-corrected chi connectivity index (χ4v) is 3.15. The van der Waals surface area contributed by atoms with E-state index in [1.54, 1.807) is 6.20 Å². The summed E-state index contributed by atoms with van der Waals surface area (Å²) in [5.74, 6) is 0.710. The molecule has 9 heteroatoms. The molecule has 0 spiro atoms. The lowest BCUT2D eigenvalue weighted by Gasteiger charge is -2.06. The number of rotatable bonds is 6. The van der Waals surface area contributed by atoms with Crippen LogP contribution in [0.4, 0.5) is 5.82 Å². The number of nitrogens with zero attached hydrogens (tertiary/aromatic N) is 4. The lowest BCUT2D eigenvalue weighted by molar-refractivity contribution is 0.101. The zero-order valence-electron chi connectivity index (χ0n) is 14.2. The number of amides is 1. The van der Waals surface area contributed by atoms with Crippen molar-refractivity contribution >= 4 is 39.4 Å². The number of aromatic nitrogens is 4. The molecule has 2 aromatic heterocycles. The summed E-state index contributed by atoms with van der Waals surface area (Å²) in [5, 5.41) is 11.0. The van der Waals surface area contributed by atoms with Crippen LogP contribution in [0.15, 0.2) is 44.7 Å². The monoisotopic (exact) mass is 433 g/mol. The number of hydrogen-bond acceptors (Lipinski definition) is 7. The standard InChI is InChI=1S/C17H16BrN5O2S/c1-3-8-26-17-19-9-12(18)14(20-17)16(24)21-15-13(22-25-23-15)11-6-4-10(2)5-7-11/h4-7,9H,3,8H2,1-2H3,(H,21,23,24). The minimum Gasteiger partial charge on any atom is -0.300 e. The van der Waals surface area contributed by atoms with Gasteiger partial charge in [0.2, 0.25) is 5.82 Å². The van der Waals surface area contributed by atoms with Gasteiger partial charge in [0.25, 0.3) is 5.91 Å². The molecule has 134 valence electrons. The van der Waals surface area contributed by atoms with Crippen LogP contribution in [0.1, 0.15) is 29.4 Å². The van der Waals surface area contributed by atoms with Crippen molar-refractivity contribution in [1.29, 1.82) is 0 Å². The first-order valence-corrected chi connectivity index (χ1v) is 9.72. The Morgan fingerprint density at radius 2 is 2.04 bits per heavy atom. The van der Waals surface area contributed by atoms with E-state index in [1.165, 1.54) is 11.8 Å². The Balaban J connectivity index is 1.83. The molecule has 0 saturated carbocycles. The number of carbonyl (C=O) groups is 1. The molecule has 3 rings (SSSR count). The maximum Gasteiger partial charge on any atom is 0.276 e. The van der Waals surface area contributed by atoms with Crippen molar-refractivity contribution < 1.29 is 9.42 Å². The highest BCUT2D eigenvalue weighted by Crippen LogP contribution is 2.26. The van der Waals surface area contributed by atoms with E-state index in [-0.39, 0.29) is 11.5 Å². The summed E-state index contributed by atoms with van der Waals surface area (Å²) in [6, 6.07) is 7.69. The number of thioether (sulfide) groups is 1. The summed E-state index contributed by atoms with van der Waals surface area (Å²) >= 11 is 4.82. The van der Waals surface area contributed by atoms with Crippen LogP contribution in [0.25, 0.3) is 11.3 Å². The average Bonchev–Trinajstić information content (AvgIpc) is 3.09. The number of aryl methyl sites for hydroxylation is 1. The van der Waals surface area contributed by atoms with Crippen LogP contribution in [0, 0.1) is 6.92 Å². The second-order valence-electron chi connectivity index (χ2n) is 5.48. The van der Waals surface area contributed by atoms with E-state index in [0.29, 0.717) is 15.3 Å². The molecular formula is C17H16BrN5O2S. The predicted molar refractivity (Wildman–Crippen MR) is 103 cm³/mol. The van der Waals surface area contributed by atoms with E-state index in [4.69, 9.17) is 4.63 Å². The molecule has 0 aliphatic carbocycles. The maximum atomic E-state index is 12.6. The minimum absolute atomic E-state index is 0.233. The number of anilines is 1. The van der Waals surface area contributed by atoms with Crippen LogP contribution in [-0.2, 0) is 0 Å². The second kappa shape index (κ2) is 8.41. The van der Waals surface area contributed by atoms with E-state index in [0.717, 1.165) is 23.3 Å². The van der Waals surface area contributed by atoms with Gasteiger partial charge in [-0.25, -0.2) is 14.6 Å². The molecular weight excluding hydrogens is 418 g/mol. The Labute approximate surface area is 163 Å². The fourth-order valence-electron chi connectivity index (χ4n) is 2.11. The Bertz CT molecular complexity index is 914. The summed E-state index contributed by atoms with van der Waals surface area (Å²) in [4.78, 5) is 21.2. The number of carbonyl (C=O) groups excluding carboxylic acids is 1. The SMILES string of the molecule is CCCSc1ncc(Br)c(C(=O)Nc2nonc2-c2ccc(C)cc2)n1. The molecule has 0 atom stereocenters. The second-order valence-corrected chi connectivity index (χ2v) is 7.40. The van der Waals surface area contributed by atoms with Gasteiger partial charge in [0, 0.05) is 17.5 Å². The van der Waals surface area contributed by atoms with Gasteiger partial charge in [-0.3, -0.25) is 4.79 Å². The van der Waals surface area contributed by atoms with Gasteiger partial charge < -0.3 is 5.32 Å². The van der Waals surface area contributed by atoms with Crippen LogP contribution in [0.2, 0.25) is 0 Å². The van der Waals surface area contributed by atoms with Gasteiger partial charge in [-0.2, -0.15) is 0 Å². The highest BCUT2D eigenvalue weighted by Gasteiger charge is 2.19. The van der Waals surface area contributed by atoms with Crippen molar-refractivity contribution in [2.75, 3.05) is 11.1 Å². The van der Waals surface area contributed by atoms with Crippen LogP contribution in [0.5, 0.6) is 0 Å². The molecule has 2 heterocycles. The van der Waals surface area contributed by atoms with E-state index < -0.39 is 5.91 Å². The zero-order chi connectivity index (χ0) is 18.5. The number of halogens is 1. The molecule has 1 aromatic carbocycles. The molecule has 26 heavy (non-hydrogen) atoms. The van der Waals surface area contributed by atoms with Crippen LogP contribution in [0.3, 0.4) is 0 Å². The zero-order valence-corrected chi connectivity index (χ0v) is 16.6. The maximum absolute atomic E-state index is 12.6. The van der Waals surface area contributed by atoms with E-state index >= 15 is 0 Å². The lowest BCUT2D eigenvalue weighted by Crippen LogP contribution is -2.16. The van der Waals surface area contributed by atoms with Gasteiger partial charge in [-0.05, 0) is 39.6 Å². The summed E-state index contributed by atoms with van der Waals surface area (Å²) in [5.41, 5.74) is 2.62. The topological polar surface area (TPSA) is 93.8 Å². The molecule has 0 saturated heterocycles. The van der Waals surface area contributed by atoms with Crippen LogP contribution < -0.4 is 5.32 Å². The van der Waals surface area contributed by atoms with E-state index in [1.807, 2.05) is 31.2 Å². The predicted octanol–water partition coefficient (Wildman–Crippen LogP) is 4.35. The van der Waals surface area contributed by atoms with Crippen molar-refractivity contribution in [2.45, 2.75) is 25.4 Å². The van der Waals surface area contributed by atoms with Crippen LogP contribution >= 0.6 is 27.7 Å². The highest BCUT2D eigenvalue weighted by atomic mass is 79.9. The third-order valence-electron chi connectivity index (χ3n) is 3.42. The smallest absolute Gasteiger partial charge is 0.276 e. The molecule has 0 fully saturated rings. The van der Waals surface area contributed by atoms with Gasteiger partial charge in [0.15, 0.2) is 10.9 Å². The normalized spacial score (nSPS) is 10.7. The highest BCUT2D eigenvalue weighted by molar-refractivity contribution is 9.10.